The second-order valence-electron chi connectivity index (χ2n) is 5.45. The Morgan fingerprint density at radius 3 is 1.46 bits per heavy atom. The van der Waals surface area contributed by atoms with Gasteiger partial charge in [-0.25, -0.2) is 9.59 Å². The van der Waals surface area contributed by atoms with Gasteiger partial charge in [0.15, 0.2) is 0 Å². The molecule has 0 spiro atoms. The van der Waals surface area contributed by atoms with E-state index in [1.807, 2.05) is 12.1 Å². The molecule has 1 aromatic carbocycles. The number of esters is 2. The van der Waals surface area contributed by atoms with Gasteiger partial charge in [-0.2, -0.15) is 0 Å². The van der Waals surface area contributed by atoms with E-state index in [9.17, 15) is 9.59 Å². The average molecular weight is 348 g/mol. The van der Waals surface area contributed by atoms with Crippen molar-refractivity contribution in [1.82, 2.24) is 9.97 Å². The molecule has 0 aliphatic rings. The molecule has 3 aromatic rings. The predicted molar refractivity (Wildman–Crippen MR) is 93.2 cm³/mol. The summed E-state index contributed by atoms with van der Waals surface area (Å²) in [6.45, 7) is 0.281. The quantitative estimate of drug-likeness (QED) is 0.637. The van der Waals surface area contributed by atoms with E-state index in [-0.39, 0.29) is 13.2 Å². The van der Waals surface area contributed by atoms with Crippen molar-refractivity contribution in [2.45, 2.75) is 13.2 Å². The Kier molecular flexibility index (Phi) is 5.67. The highest BCUT2D eigenvalue weighted by Gasteiger charge is 2.11. The Morgan fingerprint density at radius 1 is 0.692 bits per heavy atom. The number of carbonyl (C=O) groups excluding carboxylic acids is 2. The van der Waals surface area contributed by atoms with Gasteiger partial charge < -0.3 is 9.47 Å². The number of ether oxygens (including phenoxy) is 2. The lowest BCUT2D eigenvalue weighted by atomic mass is 10.1. The lowest BCUT2D eigenvalue weighted by Gasteiger charge is -2.07. The molecular weight excluding hydrogens is 332 g/mol. The maximum atomic E-state index is 12.0. The molecule has 0 aliphatic heterocycles. The summed E-state index contributed by atoms with van der Waals surface area (Å²) >= 11 is 0. The van der Waals surface area contributed by atoms with Crippen LogP contribution in [0.5, 0.6) is 0 Å². The first-order valence-corrected chi connectivity index (χ1v) is 7.94. The smallest absolute Gasteiger partial charge is 0.338 e. The number of hydrogen-bond donors (Lipinski definition) is 0. The lowest BCUT2D eigenvalue weighted by Crippen LogP contribution is -2.08. The van der Waals surface area contributed by atoms with Crippen LogP contribution in [-0.2, 0) is 22.7 Å². The Bertz CT molecular complexity index is 791. The number of benzene rings is 1. The molecule has 0 saturated heterocycles. The summed E-state index contributed by atoms with van der Waals surface area (Å²) < 4.78 is 10.4. The van der Waals surface area contributed by atoms with E-state index >= 15 is 0 Å². The average Bonchev–Trinajstić information content (AvgIpc) is 2.72. The maximum Gasteiger partial charge on any atom is 0.338 e. The second-order valence-corrected chi connectivity index (χ2v) is 5.45. The Balaban J connectivity index is 1.53. The van der Waals surface area contributed by atoms with Crippen molar-refractivity contribution >= 4 is 11.9 Å². The van der Waals surface area contributed by atoms with Gasteiger partial charge in [-0.1, -0.05) is 12.1 Å². The molecule has 0 aliphatic carbocycles. The van der Waals surface area contributed by atoms with Crippen LogP contribution in [0.2, 0.25) is 0 Å². The zero-order valence-electron chi connectivity index (χ0n) is 13.9. The molecule has 6 nitrogen and oxygen atoms in total. The molecule has 6 heteroatoms. The fourth-order valence-corrected chi connectivity index (χ4v) is 2.17. The van der Waals surface area contributed by atoms with E-state index in [1.165, 1.54) is 24.3 Å². The number of carbonyl (C=O) groups is 2. The molecule has 0 atom stereocenters. The molecule has 2 heterocycles. The molecule has 0 bridgehead atoms. The summed E-state index contributed by atoms with van der Waals surface area (Å²) in [6.07, 6.45) is 6.57. The van der Waals surface area contributed by atoms with Crippen molar-refractivity contribution < 1.29 is 19.1 Å². The van der Waals surface area contributed by atoms with Gasteiger partial charge in [0.05, 0.1) is 11.1 Å². The fourth-order valence-electron chi connectivity index (χ4n) is 2.17. The summed E-state index contributed by atoms with van der Waals surface area (Å²) in [5.41, 5.74) is 2.32. The Hall–Kier alpha value is -3.54. The number of rotatable bonds is 6. The van der Waals surface area contributed by atoms with Gasteiger partial charge in [0.2, 0.25) is 0 Å². The summed E-state index contributed by atoms with van der Waals surface area (Å²) in [7, 11) is 0. The minimum atomic E-state index is -0.468. The van der Waals surface area contributed by atoms with Crippen LogP contribution in [0.3, 0.4) is 0 Å². The number of hydrogen-bond acceptors (Lipinski definition) is 6. The summed E-state index contributed by atoms with van der Waals surface area (Å²) in [4.78, 5) is 32.0. The molecule has 0 radical (unpaired) electrons. The third-order valence-electron chi connectivity index (χ3n) is 3.54. The molecule has 2 aromatic heterocycles. The van der Waals surface area contributed by atoms with Gasteiger partial charge in [-0.15, -0.1) is 0 Å². The lowest BCUT2D eigenvalue weighted by molar-refractivity contribution is 0.0458. The van der Waals surface area contributed by atoms with Crippen LogP contribution < -0.4 is 0 Å². The zero-order chi connectivity index (χ0) is 18.2. The van der Waals surface area contributed by atoms with Crippen molar-refractivity contribution in [2.75, 3.05) is 0 Å². The SMILES string of the molecule is O=C(OCc1cccnc1)c1ccc(C(=O)OCc2cccnc2)cc1. The van der Waals surface area contributed by atoms with E-state index in [2.05, 4.69) is 9.97 Å². The van der Waals surface area contributed by atoms with Crippen LogP contribution in [0.4, 0.5) is 0 Å². The minimum Gasteiger partial charge on any atom is -0.457 e. The van der Waals surface area contributed by atoms with Crippen LogP contribution in [0.25, 0.3) is 0 Å². The number of aromatic nitrogens is 2. The van der Waals surface area contributed by atoms with Crippen molar-refractivity contribution in [1.29, 1.82) is 0 Å². The molecule has 0 amide bonds. The van der Waals surface area contributed by atoms with Gasteiger partial charge in [-0.05, 0) is 36.4 Å². The first-order chi connectivity index (χ1) is 12.7. The highest BCUT2D eigenvalue weighted by Crippen LogP contribution is 2.10. The molecule has 130 valence electrons. The highest BCUT2D eigenvalue weighted by atomic mass is 16.5. The standard InChI is InChI=1S/C20H16N2O4/c23-19(25-13-15-3-1-9-21-11-15)17-5-7-18(8-6-17)20(24)26-14-16-4-2-10-22-12-16/h1-12H,13-14H2. The van der Waals surface area contributed by atoms with Crippen molar-refractivity contribution in [3.05, 3.63) is 95.6 Å². The molecular formula is C20H16N2O4. The van der Waals surface area contributed by atoms with E-state index in [0.29, 0.717) is 11.1 Å². The topological polar surface area (TPSA) is 78.4 Å². The van der Waals surface area contributed by atoms with Gasteiger partial charge in [-0.3, -0.25) is 9.97 Å². The monoisotopic (exact) mass is 348 g/mol. The van der Waals surface area contributed by atoms with Gasteiger partial charge >= 0.3 is 11.9 Å². The summed E-state index contributed by atoms with van der Waals surface area (Å²) in [5, 5.41) is 0. The van der Waals surface area contributed by atoms with Gasteiger partial charge in [0.25, 0.3) is 0 Å². The molecule has 0 saturated carbocycles. The minimum absolute atomic E-state index is 0.140. The zero-order valence-corrected chi connectivity index (χ0v) is 13.9. The van der Waals surface area contributed by atoms with Gasteiger partial charge in [0.1, 0.15) is 13.2 Å². The first kappa shape index (κ1) is 17.3. The molecule has 26 heavy (non-hydrogen) atoms. The van der Waals surface area contributed by atoms with Crippen LogP contribution in [0, 0.1) is 0 Å². The Morgan fingerprint density at radius 2 is 1.12 bits per heavy atom. The van der Waals surface area contributed by atoms with E-state index < -0.39 is 11.9 Å². The summed E-state index contributed by atoms with van der Waals surface area (Å²) in [5.74, 6) is -0.937. The van der Waals surface area contributed by atoms with Crippen LogP contribution >= 0.6 is 0 Å². The van der Waals surface area contributed by atoms with Crippen molar-refractivity contribution in [3.8, 4) is 0 Å². The number of pyridine rings is 2. The normalized spacial score (nSPS) is 10.2. The summed E-state index contributed by atoms with van der Waals surface area (Å²) in [6, 6.07) is 13.3. The molecule has 3 rings (SSSR count). The Labute approximate surface area is 150 Å². The molecule has 0 N–H and O–H groups in total. The molecule has 0 fully saturated rings. The van der Waals surface area contributed by atoms with Crippen molar-refractivity contribution in [3.63, 3.8) is 0 Å². The second kappa shape index (κ2) is 8.53. The number of nitrogens with zero attached hydrogens (tertiary/aromatic N) is 2. The van der Waals surface area contributed by atoms with Gasteiger partial charge in [0, 0.05) is 35.9 Å². The van der Waals surface area contributed by atoms with Crippen LogP contribution in [-0.4, -0.2) is 21.9 Å². The maximum absolute atomic E-state index is 12.0. The van der Waals surface area contributed by atoms with Crippen LogP contribution in [0.15, 0.2) is 73.3 Å². The van der Waals surface area contributed by atoms with E-state index in [1.54, 1.807) is 36.9 Å². The predicted octanol–water partition coefficient (Wildman–Crippen LogP) is 3.19. The molecule has 0 unspecified atom stereocenters. The van der Waals surface area contributed by atoms with Crippen molar-refractivity contribution in [2.24, 2.45) is 0 Å². The largest absolute Gasteiger partial charge is 0.457 e. The third-order valence-corrected chi connectivity index (χ3v) is 3.54. The van der Waals surface area contributed by atoms with E-state index in [0.717, 1.165) is 11.1 Å². The first-order valence-electron chi connectivity index (χ1n) is 7.94. The van der Waals surface area contributed by atoms with Crippen LogP contribution in [0.1, 0.15) is 31.8 Å². The highest BCUT2D eigenvalue weighted by molar-refractivity contribution is 5.93. The van der Waals surface area contributed by atoms with E-state index in [4.69, 9.17) is 9.47 Å². The fraction of sp³-hybridized carbons (Fsp3) is 0.100. The third kappa shape index (κ3) is 4.73.